The molecule has 0 heterocycles. The van der Waals surface area contributed by atoms with Gasteiger partial charge in [-0.15, -0.1) is 0 Å². The highest BCUT2D eigenvalue weighted by Crippen LogP contribution is 2.30. The zero-order chi connectivity index (χ0) is 14.6. The molecule has 0 atom stereocenters. The van der Waals surface area contributed by atoms with E-state index in [0.717, 1.165) is 35.0 Å². The van der Waals surface area contributed by atoms with Gasteiger partial charge in [0, 0.05) is 23.1 Å². The Morgan fingerprint density at radius 3 is 2.80 bits per heavy atom. The van der Waals surface area contributed by atoms with E-state index in [1.165, 1.54) is 0 Å². The lowest BCUT2D eigenvalue weighted by molar-refractivity contribution is -0.0290. The number of amides is 2. The summed E-state index contributed by atoms with van der Waals surface area (Å²) in [7, 11) is 1.60. The van der Waals surface area contributed by atoms with Crippen molar-refractivity contribution in [3.63, 3.8) is 0 Å². The van der Waals surface area contributed by atoms with Crippen molar-refractivity contribution in [2.45, 2.75) is 31.4 Å². The summed E-state index contributed by atoms with van der Waals surface area (Å²) < 4.78 is 6.17. The largest absolute Gasteiger partial charge is 0.496 e. The van der Waals surface area contributed by atoms with Crippen LogP contribution < -0.4 is 15.4 Å². The first-order valence-electron chi connectivity index (χ1n) is 6.59. The maximum absolute atomic E-state index is 11.7. The van der Waals surface area contributed by atoms with Crippen molar-refractivity contribution in [3.05, 3.63) is 28.2 Å². The molecule has 0 aromatic heterocycles. The third-order valence-electron chi connectivity index (χ3n) is 3.54. The first kappa shape index (κ1) is 15.1. The molecule has 0 radical (unpaired) electrons. The number of hydrogen-bond acceptors (Lipinski definition) is 3. The lowest BCUT2D eigenvalue weighted by Crippen LogP contribution is -2.49. The molecule has 110 valence electrons. The van der Waals surface area contributed by atoms with E-state index >= 15 is 0 Å². The Hall–Kier alpha value is -1.27. The van der Waals surface area contributed by atoms with Gasteiger partial charge in [-0.05, 0) is 37.5 Å². The topological polar surface area (TPSA) is 70.6 Å². The summed E-state index contributed by atoms with van der Waals surface area (Å²) in [5, 5.41) is 15.3. The highest BCUT2D eigenvalue weighted by Gasteiger charge is 2.34. The minimum atomic E-state index is -0.704. The van der Waals surface area contributed by atoms with Crippen LogP contribution in [0.2, 0.25) is 0 Å². The van der Waals surface area contributed by atoms with Gasteiger partial charge >= 0.3 is 6.03 Å². The summed E-state index contributed by atoms with van der Waals surface area (Å²) in [6.45, 7) is 0.668. The van der Waals surface area contributed by atoms with Gasteiger partial charge in [0.05, 0.1) is 12.7 Å². The van der Waals surface area contributed by atoms with Gasteiger partial charge in [-0.3, -0.25) is 0 Å². The molecule has 2 amide bonds. The summed E-state index contributed by atoms with van der Waals surface area (Å²) in [5.41, 5.74) is 0.185. The van der Waals surface area contributed by atoms with E-state index in [1.54, 1.807) is 7.11 Å². The van der Waals surface area contributed by atoms with E-state index in [2.05, 4.69) is 26.6 Å². The lowest BCUT2D eigenvalue weighted by atomic mass is 9.80. The molecule has 1 fully saturated rings. The van der Waals surface area contributed by atoms with Crippen LogP contribution in [0.5, 0.6) is 5.75 Å². The Bertz CT molecular complexity index is 489. The molecule has 1 saturated carbocycles. The van der Waals surface area contributed by atoms with Gasteiger partial charge in [-0.2, -0.15) is 0 Å². The molecule has 1 aliphatic rings. The van der Waals surface area contributed by atoms with Crippen LogP contribution in [0.15, 0.2) is 22.7 Å². The number of nitrogens with one attached hydrogen (secondary N) is 2. The maximum Gasteiger partial charge on any atom is 0.315 e. The third-order valence-corrected chi connectivity index (χ3v) is 4.04. The summed E-state index contributed by atoms with van der Waals surface area (Å²) in [4.78, 5) is 11.7. The molecule has 0 saturated heterocycles. The predicted molar refractivity (Wildman–Crippen MR) is 79.7 cm³/mol. The minimum absolute atomic E-state index is 0.285. The second-order valence-electron chi connectivity index (χ2n) is 5.07. The van der Waals surface area contributed by atoms with Crippen LogP contribution in [0.3, 0.4) is 0 Å². The summed E-state index contributed by atoms with van der Waals surface area (Å²) in [6.07, 6.45) is 2.54. The number of ether oxygens (including phenoxy) is 1. The quantitative estimate of drug-likeness (QED) is 0.767. The number of halogens is 1. The zero-order valence-electron chi connectivity index (χ0n) is 11.4. The van der Waals surface area contributed by atoms with Crippen LogP contribution >= 0.6 is 15.9 Å². The summed E-state index contributed by atoms with van der Waals surface area (Å²) >= 11 is 3.39. The van der Waals surface area contributed by atoms with Crippen LogP contribution in [0, 0.1) is 0 Å². The summed E-state index contributed by atoms with van der Waals surface area (Å²) in [5.74, 6) is 0.728. The SMILES string of the molecule is COc1ccc(Br)cc1CNC(=O)NCC1(O)CCC1. The van der Waals surface area contributed by atoms with Gasteiger partial charge in [0.25, 0.3) is 0 Å². The average molecular weight is 343 g/mol. The number of carbonyl (C=O) groups is 1. The van der Waals surface area contributed by atoms with Gasteiger partial charge in [0.15, 0.2) is 0 Å². The van der Waals surface area contributed by atoms with Crippen LogP contribution in [0.4, 0.5) is 4.79 Å². The van der Waals surface area contributed by atoms with Crippen LogP contribution in [-0.4, -0.2) is 30.4 Å². The molecule has 2 rings (SSSR count). The summed E-state index contributed by atoms with van der Waals surface area (Å²) in [6, 6.07) is 5.34. The first-order valence-corrected chi connectivity index (χ1v) is 7.38. The molecule has 0 bridgehead atoms. The van der Waals surface area contributed by atoms with Crippen LogP contribution in [0.1, 0.15) is 24.8 Å². The Kier molecular flexibility index (Phi) is 4.88. The van der Waals surface area contributed by atoms with Gasteiger partial charge in [0.2, 0.25) is 0 Å². The number of hydrogen-bond donors (Lipinski definition) is 3. The minimum Gasteiger partial charge on any atom is -0.496 e. The Balaban J connectivity index is 1.82. The molecular formula is C14H19BrN2O3. The van der Waals surface area contributed by atoms with Crippen LogP contribution in [0.25, 0.3) is 0 Å². The van der Waals surface area contributed by atoms with Gasteiger partial charge in [0.1, 0.15) is 5.75 Å². The van der Waals surface area contributed by atoms with Crippen molar-refractivity contribution < 1.29 is 14.6 Å². The lowest BCUT2D eigenvalue weighted by Gasteiger charge is -2.36. The van der Waals surface area contributed by atoms with Crippen molar-refractivity contribution in [1.29, 1.82) is 0 Å². The smallest absolute Gasteiger partial charge is 0.315 e. The predicted octanol–water partition coefficient (Wildman–Crippen LogP) is 2.17. The van der Waals surface area contributed by atoms with Crippen LogP contribution in [-0.2, 0) is 6.54 Å². The molecule has 0 unspecified atom stereocenters. The highest BCUT2D eigenvalue weighted by atomic mass is 79.9. The maximum atomic E-state index is 11.7. The fraction of sp³-hybridized carbons (Fsp3) is 0.500. The molecule has 0 spiro atoms. The van der Waals surface area contributed by atoms with E-state index in [9.17, 15) is 9.90 Å². The zero-order valence-corrected chi connectivity index (χ0v) is 13.0. The molecule has 1 aromatic rings. The number of benzene rings is 1. The Morgan fingerprint density at radius 2 is 2.20 bits per heavy atom. The second kappa shape index (κ2) is 6.45. The molecule has 3 N–H and O–H groups in total. The fourth-order valence-electron chi connectivity index (χ4n) is 2.13. The number of aliphatic hydroxyl groups is 1. The molecule has 0 aliphatic heterocycles. The molecule has 1 aromatic carbocycles. The number of methoxy groups -OCH3 is 1. The van der Waals surface area contributed by atoms with Gasteiger partial charge in [-0.25, -0.2) is 4.79 Å². The standard InChI is InChI=1S/C14H19BrN2O3/c1-20-12-4-3-11(15)7-10(12)8-16-13(18)17-9-14(19)5-2-6-14/h3-4,7,19H,2,5-6,8-9H2,1H3,(H2,16,17,18). The molecule has 5 nitrogen and oxygen atoms in total. The van der Waals surface area contributed by atoms with Crippen molar-refractivity contribution in [1.82, 2.24) is 10.6 Å². The highest BCUT2D eigenvalue weighted by molar-refractivity contribution is 9.10. The average Bonchev–Trinajstić information content (AvgIpc) is 2.41. The Labute approximate surface area is 126 Å². The van der Waals surface area contributed by atoms with Gasteiger partial charge < -0.3 is 20.5 Å². The van der Waals surface area contributed by atoms with E-state index in [4.69, 9.17) is 4.74 Å². The number of rotatable bonds is 5. The monoisotopic (exact) mass is 342 g/mol. The van der Waals surface area contributed by atoms with Crippen molar-refractivity contribution >= 4 is 22.0 Å². The van der Waals surface area contributed by atoms with E-state index in [0.29, 0.717) is 13.1 Å². The molecular weight excluding hydrogens is 324 g/mol. The second-order valence-corrected chi connectivity index (χ2v) is 5.99. The molecule has 1 aliphatic carbocycles. The number of carbonyl (C=O) groups excluding carboxylic acids is 1. The Morgan fingerprint density at radius 1 is 1.45 bits per heavy atom. The van der Waals surface area contributed by atoms with E-state index in [1.807, 2.05) is 18.2 Å². The molecule has 20 heavy (non-hydrogen) atoms. The van der Waals surface area contributed by atoms with E-state index in [-0.39, 0.29) is 6.03 Å². The van der Waals surface area contributed by atoms with Gasteiger partial charge in [-0.1, -0.05) is 15.9 Å². The first-order chi connectivity index (χ1) is 9.52. The van der Waals surface area contributed by atoms with Crippen molar-refractivity contribution in [2.24, 2.45) is 0 Å². The fourth-order valence-corrected chi connectivity index (χ4v) is 2.54. The third kappa shape index (κ3) is 3.86. The van der Waals surface area contributed by atoms with Crippen molar-refractivity contribution in [3.8, 4) is 5.75 Å². The molecule has 6 heteroatoms. The van der Waals surface area contributed by atoms with Crippen molar-refractivity contribution in [2.75, 3.05) is 13.7 Å². The number of urea groups is 1. The normalized spacial score (nSPS) is 16.1. The van der Waals surface area contributed by atoms with E-state index < -0.39 is 5.60 Å².